The van der Waals surface area contributed by atoms with Crippen LogP contribution >= 0.6 is 0 Å². The van der Waals surface area contributed by atoms with Crippen molar-refractivity contribution in [2.45, 2.75) is 64.3 Å². The molecule has 0 bridgehead atoms. The lowest BCUT2D eigenvalue weighted by molar-refractivity contribution is -0.135. The zero-order valence-corrected chi connectivity index (χ0v) is 23.3. The smallest absolute Gasteiger partial charge is 0.242 e. The first-order valence-corrected chi connectivity index (χ1v) is 13.4. The molecule has 0 aliphatic carbocycles. The molecular formula is C29H44N6O4. The molecule has 0 heterocycles. The van der Waals surface area contributed by atoms with Gasteiger partial charge < -0.3 is 37.5 Å². The van der Waals surface area contributed by atoms with Crippen molar-refractivity contribution in [2.75, 3.05) is 26.2 Å². The van der Waals surface area contributed by atoms with E-state index in [1.165, 1.54) is 4.90 Å². The average Bonchev–Trinajstić information content (AvgIpc) is 2.89. The molecule has 10 heteroatoms. The number of ether oxygens (including phenoxy) is 1. The molecule has 3 amide bonds. The first-order chi connectivity index (χ1) is 18.5. The van der Waals surface area contributed by atoms with Crippen LogP contribution in [0.4, 0.5) is 0 Å². The van der Waals surface area contributed by atoms with E-state index in [0.29, 0.717) is 25.9 Å². The lowest BCUT2D eigenvalue weighted by atomic mass is 10.0. The number of hydrogen-bond acceptors (Lipinski definition) is 7. The molecule has 39 heavy (non-hydrogen) atoms. The number of aryl methyl sites for hydroxylation is 1. The van der Waals surface area contributed by atoms with Gasteiger partial charge in [0.15, 0.2) is 0 Å². The maximum atomic E-state index is 13.2. The normalized spacial score (nSPS) is 12.8. The van der Waals surface area contributed by atoms with Crippen molar-refractivity contribution in [1.82, 2.24) is 15.5 Å². The molecular weight excluding hydrogens is 496 g/mol. The topological polar surface area (TPSA) is 166 Å². The SMILES string of the molecule is CC(C)(C)Oc1ccc(CNC(=O)C(CCc2ccccc2)NC(=O)C(N)CC(=O)N(CCN)CCN)cc1. The van der Waals surface area contributed by atoms with Crippen molar-refractivity contribution in [1.29, 1.82) is 0 Å². The zero-order chi connectivity index (χ0) is 28.8. The fraction of sp³-hybridized carbons (Fsp3) is 0.483. The molecule has 2 rings (SSSR count). The molecule has 0 radical (unpaired) electrons. The molecule has 0 saturated carbocycles. The predicted octanol–water partition coefficient (Wildman–Crippen LogP) is 1.06. The lowest BCUT2D eigenvalue weighted by Gasteiger charge is -2.24. The molecule has 214 valence electrons. The van der Waals surface area contributed by atoms with E-state index in [4.69, 9.17) is 21.9 Å². The number of rotatable bonds is 15. The molecule has 0 saturated heterocycles. The van der Waals surface area contributed by atoms with Gasteiger partial charge in [-0.3, -0.25) is 14.4 Å². The van der Waals surface area contributed by atoms with E-state index in [1.54, 1.807) is 0 Å². The van der Waals surface area contributed by atoms with Gasteiger partial charge in [0.25, 0.3) is 0 Å². The Morgan fingerprint density at radius 3 is 2.08 bits per heavy atom. The van der Waals surface area contributed by atoms with Crippen LogP contribution in [0.25, 0.3) is 0 Å². The number of benzene rings is 2. The summed E-state index contributed by atoms with van der Waals surface area (Å²) in [5.41, 5.74) is 18.8. The molecule has 0 aliphatic heterocycles. The Kier molecular flexibility index (Phi) is 12.9. The number of hydrogen-bond donors (Lipinski definition) is 5. The third-order valence-corrected chi connectivity index (χ3v) is 5.89. The number of nitrogens with two attached hydrogens (primary N) is 3. The molecule has 0 spiro atoms. The molecule has 10 nitrogen and oxygen atoms in total. The van der Waals surface area contributed by atoms with Crippen LogP contribution in [0.3, 0.4) is 0 Å². The largest absolute Gasteiger partial charge is 0.488 e. The quantitative estimate of drug-likeness (QED) is 0.225. The van der Waals surface area contributed by atoms with Crippen LogP contribution < -0.4 is 32.6 Å². The summed E-state index contributed by atoms with van der Waals surface area (Å²) in [5, 5.41) is 5.65. The van der Waals surface area contributed by atoms with Crippen molar-refractivity contribution in [3.63, 3.8) is 0 Å². The number of carbonyl (C=O) groups is 3. The summed E-state index contributed by atoms with van der Waals surface area (Å²) < 4.78 is 5.84. The van der Waals surface area contributed by atoms with Gasteiger partial charge in [-0.05, 0) is 56.9 Å². The Balaban J connectivity index is 2.03. The molecule has 2 aromatic rings. The Hall–Kier alpha value is -3.47. The van der Waals surface area contributed by atoms with Crippen LogP contribution in [0.15, 0.2) is 54.6 Å². The summed E-state index contributed by atoms with van der Waals surface area (Å²) >= 11 is 0. The standard InChI is InChI=1S/C29H44N6O4/c1-29(2,3)39-23-12-9-22(10-13-23)20-33-28(38)25(14-11-21-7-5-4-6-8-21)34-27(37)24(32)19-26(36)35(17-15-30)18-16-31/h4-10,12-13,24-25H,11,14-20,30-32H2,1-3H3,(H,33,38)(H,34,37). The van der Waals surface area contributed by atoms with Crippen LogP contribution in [0.1, 0.15) is 44.7 Å². The van der Waals surface area contributed by atoms with Gasteiger partial charge in [0.1, 0.15) is 17.4 Å². The van der Waals surface area contributed by atoms with Crippen molar-refractivity contribution in [3.05, 3.63) is 65.7 Å². The van der Waals surface area contributed by atoms with Gasteiger partial charge in [-0.25, -0.2) is 0 Å². The van der Waals surface area contributed by atoms with E-state index in [0.717, 1.165) is 16.9 Å². The summed E-state index contributed by atoms with van der Waals surface area (Å²) in [6.45, 7) is 7.42. The maximum absolute atomic E-state index is 13.2. The van der Waals surface area contributed by atoms with Gasteiger partial charge in [-0.1, -0.05) is 42.5 Å². The monoisotopic (exact) mass is 540 g/mol. The summed E-state index contributed by atoms with van der Waals surface area (Å²) in [6.07, 6.45) is 0.738. The Morgan fingerprint density at radius 2 is 1.51 bits per heavy atom. The lowest BCUT2D eigenvalue weighted by Crippen LogP contribution is -2.53. The van der Waals surface area contributed by atoms with Crippen LogP contribution in [0, 0.1) is 0 Å². The molecule has 0 aliphatic rings. The minimum absolute atomic E-state index is 0.207. The van der Waals surface area contributed by atoms with Gasteiger partial charge >= 0.3 is 0 Å². The number of carbonyl (C=O) groups excluding carboxylic acids is 3. The Labute approximate surface area is 231 Å². The summed E-state index contributed by atoms with van der Waals surface area (Å²) in [7, 11) is 0. The molecule has 0 aromatic heterocycles. The number of nitrogens with one attached hydrogen (secondary N) is 2. The third kappa shape index (κ3) is 11.8. The van der Waals surface area contributed by atoms with E-state index in [9.17, 15) is 14.4 Å². The summed E-state index contributed by atoms with van der Waals surface area (Å²) in [5.74, 6) is -0.468. The van der Waals surface area contributed by atoms with Crippen LogP contribution in [0.2, 0.25) is 0 Å². The number of amides is 3. The van der Waals surface area contributed by atoms with E-state index in [1.807, 2.05) is 75.4 Å². The highest BCUT2D eigenvalue weighted by Crippen LogP contribution is 2.18. The second kappa shape index (κ2) is 15.8. The van der Waals surface area contributed by atoms with Crippen LogP contribution in [0.5, 0.6) is 5.75 Å². The van der Waals surface area contributed by atoms with Crippen molar-refractivity contribution >= 4 is 17.7 Å². The molecule has 2 unspecified atom stereocenters. The van der Waals surface area contributed by atoms with Gasteiger partial charge in [0, 0.05) is 32.7 Å². The second-order valence-corrected chi connectivity index (χ2v) is 10.4. The highest BCUT2D eigenvalue weighted by molar-refractivity contribution is 5.92. The van der Waals surface area contributed by atoms with Crippen molar-refractivity contribution < 1.29 is 19.1 Å². The number of nitrogens with zero attached hydrogens (tertiary/aromatic N) is 1. The predicted molar refractivity (Wildman–Crippen MR) is 153 cm³/mol. The average molecular weight is 541 g/mol. The van der Waals surface area contributed by atoms with E-state index in [2.05, 4.69) is 10.6 Å². The van der Waals surface area contributed by atoms with Gasteiger partial charge in [0.2, 0.25) is 17.7 Å². The molecule has 0 fully saturated rings. The van der Waals surface area contributed by atoms with E-state index < -0.39 is 18.0 Å². The Bertz CT molecular complexity index is 1030. The van der Waals surface area contributed by atoms with Gasteiger partial charge in [-0.2, -0.15) is 0 Å². The van der Waals surface area contributed by atoms with Crippen molar-refractivity contribution in [3.8, 4) is 5.75 Å². The fourth-order valence-electron chi connectivity index (χ4n) is 3.93. The highest BCUT2D eigenvalue weighted by Gasteiger charge is 2.26. The molecule has 2 aromatic carbocycles. The first kappa shape index (κ1) is 31.7. The van der Waals surface area contributed by atoms with Crippen LogP contribution in [-0.4, -0.2) is 66.5 Å². The van der Waals surface area contributed by atoms with E-state index in [-0.39, 0.29) is 43.5 Å². The van der Waals surface area contributed by atoms with Gasteiger partial charge in [0.05, 0.1) is 12.5 Å². The minimum atomic E-state index is -1.11. The third-order valence-electron chi connectivity index (χ3n) is 5.89. The van der Waals surface area contributed by atoms with Crippen LogP contribution in [-0.2, 0) is 27.3 Å². The summed E-state index contributed by atoms with van der Waals surface area (Å²) in [6, 6.07) is 15.2. The maximum Gasteiger partial charge on any atom is 0.242 e. The zero-order valence-electron chi connectivity index (χ0n) is 23.3. The highest BCUT2D eigenvalue weighted by atomic mass is 16.5. The summed E-state index contributed by atoms with van der Waals surface area (Å²) in [4.78, 5) is 40.2. The van der Waals surface area contributed by atoms with Gasteiger partial charge in [-0.15, -0.1) is 0 Å². The second-order valence-electron chi connectivity index (χ2n) is 10.4. The fourth-order valence-corrected chi connectivity index (χ4v) is 3.93. The Morgan fingerprint density at radius 1 is 0.897 bits per heavy atom. The van der Waals surface area contributed by atoms with Crippen molar-refractivity contribution in [2.24, 2.45) is 17.2 Å². The molecule has 2 atom stereocenters. The first-order valence-electron chi connectivity index (χ1n) is 13.4. The minimum Gasteiger partial charge on any atom is -0.488 e. The van der Waals surface area contributed by atoms with E-state index >= 15 is 0 Å². The molecule has 8 N–H and O–H groups in total.